The van der Waals surface area contributed by atoms with Crippen LogP contribution in [0.3, 0.4) is 0 Å². The second-order valence-electron chi connectivity index (χ2n) is 0.894. The third-order valence-electron chi connectivity index (χ3n) is 0. The molecule has 0 aromatic heterocycles. The van der Waals surface area contributed by atoms with Crippen molar-refractivity contribution in [3.63, 3.8) is 0 Å². The SMILES string of the molecule is O=P([O-])([O-])[O-].O=P([O-])([O-])[O-].[Al+3].[B+3]. The molecule has 0 bridgehead atoms. The minimum absolute atomic E-state index is 0. The average Bonchev–Trinajstić information content (AvgIpc) is 1.12. The maximum atomic E-state index is 8.55. The minimum atomic E-state index is -5.39. The Labute approximate surface area is 80.4 Å². The van der Waals surface area contributed by atoms with Gasteiger partial charge in [0.2, 0.25) is 0 Å². The summed E-state index contributed by atoms with van der Waals surface area (Å²) in [6.45, 7) is 0. The Morgan fingerprint density at radius 2 is 0.667 bits per heavy atom. The molecule has 64 valence electrons. The first-order chi connectivity index (χ1) is 4.00. The molecule has 12 heteroatoms. The number of hydrogen-bond donors (Lipinski definition) is 0. The van der Waals surface area contributed by atoms with E-state index in [4.69, 9.17) is 38.5 Å². The Balaban J connectivity index is -0.0000000457. The van der Waals surface area contributed by atoms with Gasteiger partial charge in [0.1, 0.15) is 0 Å². The Morgan fingerprint density at radius 3 is 0.667 bits per heavy atom. The van der Waals surface area contributed by atoms with Crippen LogP contribution in [0.1, 0.15) is 0 Å². The summed E-state index contributed by atoms with van der Waals surface area (Å²) in [5.74, 6) is 0. The van der Waals surface area contributed by atoms with Crippen LogP contribution in [0.15, 0.2) is 0 Å². The fourth-order valence-corrected chi connectivity index (χ4v) is 0. The van der Waals surface area contributed by atoms with Crippen LogP contribution in [-0.4, -0.2) is 25.8 Å². The summed E-state index contributed by atoms with van der Waals surface area (Å²) < 4.78 is 17.1. The van der Waals surface area contributed by atoms with Crippen LogP contribution >= 0.6 is 15.6 Å². The third kappa shape index (κ3) is 1560. The van der Waals surface area contributed by atoms with Gasteiger partial charge >= 0.3 is 25.8 Å². The molecule has 0 aromatic rings. The van der Waals surface area contributed by atoms with Crippen LogP contribution in [0, 0.1) is 0 Å². The van der Waals surface area contributed by atoms with Crippen molar-refractivity contribution in [2.24, 2.45) is 0 Å². The zero-order chi connectivity index (χ0) is 9.00. The maximum absolute atomic E-state index is 8.55. The molecular formula is AlBO8P2. The minimum Gasteiger partial charge on any atom is -0.822 e. The Morgan fingerprint density at radius 1 is 0.667 bits per heavy atom. The molecule has 0 rings (SSSR count). The largest absolute Gasteiger partial charge is 3.00 e. The van der Waals surface area contributed by atoms with Gasteiger partial charge < -0.3 is 38.5 Å². The van der Waals surface area contributed by atoms with Gasteiger partial charge in [0, 0.05) is 0 Å². The third-order valence-corrected chi connectivity index (χ3v) is 0. The first-order valence-electron chi connectivity index (χ1n) is 1.46. The van der Waals surface area contributed by atoms with Crippen LogP contribution in [0.5, 0.6) is 0 Å². The van der Waals surface area contributed by atoms with E-state index in [1.807, 2.05) is 0 Å². The van der Waals surface area contributed by atoms with Gasteiger partial charge in [-0.2, -0.15) is 15.6 Å². The molecule has 0 N–H and O–H groups in total. The van der Waals surface area contributed by atoms with Gasteiger partial charge in [-0.25, -0.2) is 0 Å². The van der Waals surface area contributed by atoms with Crippen molar-refractivity contribution < 1.29 is 38.5 Å². The summed E-state index contributed by atoms with van der Waals surface area (Å²) in [5, 5.41) is 0. The second-order valence-corrected chi connectivity index (χ2v) is 2.68. The van der Waals surface area contributed by atoms with Crippen molar-refractivity contribution in [1.82, 2.24) is 0 Å². The molecule has 0 aliphatic carbocycles. The Kier molecular flexibility index (Phi) is 16.1. The van der Waals surface area contributed by atoms with Gasteiger partial charge in [0.15, 0.2) is 0 Å². The summed E-state index contributed by atoms with van der Waals surface area (Å²) in [6, 6.07) is 0. The van der Waals surface area contributed by atoms with E-state index in [0.29, 0.717) is 0 Å². The quantitative estimate of drug-likeness (QED) is 0.290. The molecule has 0 atom stereocenters. The Hall–Kier alpha value is 0.817. The summed E-state index contributed by atoms with van der Waals surface area (Å²) in [7, 11) is -10.8. The molecule has 0 aliphatic heterocycles. The first-order valence-corrected chi connectivity index (χ1v) is 4.38. The van der Waals surface area contributed by atoms with Gasteiger partial charge in [-0.15, -0.1) is 0 Å². The fourth-order valence-electron chi connectivity index (χ4n) is 0. The van der Waals surface area contributed by atoms with E-state index in [-0.39, 0.29) is 25.8 Å². The van der Waals surface area contributed by atoms with E-state index in [1.165, 1.54) is 0 Å². The van der Waals surface area contributed by atoms with E-state index in [9.17, 15) is 0 Å². The van der Waals surface area contributed by atoms with Gasteiger partial charge in [0.25, 0.3) is 0 Å². The van der Waals surface area contributed by atoms with Gasteiger partial charge in [-0.05, 0) is 0 Å². The molecule has 0 aliphatic rings. The van der Waals surface area contributed by atoms with Crippen LogP contribution in [0.25, 0.3) is 0 Å². The van der Waals surface area contributed by atoms with Crippen molar-refractivity contribution in [3.8, 4) is 0 Å². The number of rotatable bonds is 0. The van der Waals surface area contributed by atoms with Gasteiger partial charge in [-0.1, -0.05) is 0 Å². The van der Waals surface area contributed by atoms with Crippen molar-refractivity contribution in [2.75, 3.05) is 0 Å². The Bertz CT molecular complexity index is 129. The topological polar surface area (TPSA) is 172 Å². The molecule has 8 nitrogen and oxygen atoms in total. The van der Waals surface area contributed by atoms with Gasteiger partial charge in [0.05, 0.1) is 0 Å². The monoisotopic (exact) mass is 228 g/mol. The van der Waals surface area contributed by atoms with Crippen molar-refractivity contribution >= 4 is 41.4 Å². The van der Waals surface area contributed by atoms with Crippen molar-refractivity contribution in [1.29, 1.82) is 0 Å². The van der Waals surface area contributed by atoms with E-state index < -0.39 is 15.6 Å². The van der Waals surface area contributed by atoms with Crippen LogP contribution in [-0.2, 0) is 9.13 Å². The maximum Gasteiger partial charge on any atom is 3.00 e. The van der Waals surface area contributed by atoms with E-state index in [2.05, 4.69) is 0 Å². The molecular weight excluding hydrogens is 228 g/mol. The predicted octanol–water partition coefficient (Wildman–Crippen LogP) is -6.41. The zero-order valence-electron chi connectivity index (χ0n) is 5.32. The molecule has 12 heavy (non-hydrogen) atoms. The molecule has 0 unspecified atom stereocenters. The molecule has 0 heterocycles. The van der Waals surface area contributed by atoms with Gasteiger partial charge in [-0.3, -0.25) is 0 Å². The van der Waals surface area contributed by atoms with E-state index >= 15 is 0 Å². The fraction of sp³-hybridized carbons (Fsp3) is 0. The van der Waals surface area contributed by atoms with E-state index in [1.54, 1.807) is 0 Å². The molecule has 0 saturated heterocycles. The average molecular weight is 228 g/mol. The molecule has 0 fully saturated rings. The smallest absolute Gasteiger partial charge is 0.822 e. The number of hydrogen-bond acceptors (Lipinski definition) is 8. The summed E-state index contributed by atoms with van der Waals surface area (Å²) in [5.41, 5.74) is 0. The molecule has 0 aromatic carbocycles. The normalized spacial score (nSPS) is 9.83. The van der Waals surface area contributed by atoms with Crippen LogP contribution in [0.2, 0.25) is 0 Å². The van der Waals surface area contributed by atoms with Crippen molar-refractivity contribution in [3.05, 3.63) is 0 Å². The standard InChI is InChI=1S/Al.B.2H3O4P/c;;2*1-5(2,3)4/h;;2*(H3,1,2,3,4)/q2*+3;;/p-6. The van der Waals surface area contributed by atoms with Crippen LogP contribution < -0.4 is 29.4 Å². The predicted molar refractivity (Wildman–Crippen MR) is 26.7 cm³/mol. The van der Waals surface area contributed by atoms with Crippen molar-refractivity contribution in [2.45, 2.75) is 0 Å². The molecule has 0 saturated carbocycles. The summed E-state index contributed by atoms with van der Waals surface area (Å²) in [6.07, 6.45) is 0. The van der Waals surface area contributed by atoms with E-state index in [0.717, 1.165) is 0 Å². The molecule has 0 amide bonds. The summed E-state index contributed by atoms with van der Waals surface area (Å²) in [4.78, 5) is 51.3. The first kappa shape index (κ1) is 23.0. The second kappa shape index (κ2) is 8.42. The molecule has 0 spiro atoms. The molecule has 0 radical (unpaired) electrons. The zero-order valence-corrected chi connectivity index (χ0v) is 8.26. The number of phosphoric acid groups is 2. The van der Waals surface area contributed by atoms with Crippen LogP contribution in [0.4, 0.5) is 0 Å². The summed E-state index contributed by atoms with van der Waals surface area (Å²) >= 11 is 0.